The van der Waals surface area contributed by atoms with Crippen LogP contribution in [0, 0.1) is 11.3 Å². The fraction of sp³-hybridized carbons (Fsp3) is 0.222. The molecule has 6 heteroatoms. The van der Waals surface area contributed by atoms with Crippen LogP contribution in [-0.2, 0) is 4.79 Å². The second-order valence-electron chi connectivity index (χ2n) is 4.77. The van der Waals surface area contributed by atoms with Crippen molar-refractivity contribution in [3.8, 4) is 23.3 Å². The Bertz CT molecular complexity index is 708. The van der Waals surface area contributed by atoms with E-state index in [9.17, 15) is 4.79 Å². The quantitative estimate of drug-likeness (QED) is 0.752. The van der Waals surface area contributed by atoms with E-state index in [4.69, 9.17) is 19.5 Å². The number of nitrogens with one attached hydrogen (secondary N) is 1. The number of carbonyl (C=O) groups is 1. The van der Waals surface area contributed by atoms with Gasteiger partial charge in [0.1, 0.15) is 29.9 Å². The van der Waals surface area contributed by atoms with E-state index in [1.54, 1.807) is 55.6 Å². The predicted octanol–water partition coefficient (Wildman–Crippen LogP) is 2.14. The van der Waals surface area contributed by atoms with E-state index in [1.165, 1.54) is 0 Å². The third kappa shape index (κ3) is 5.21. The molecular formula is C18H18N2O4. The van der Waals surface area contributed by atoms with Gasteiger partial charge in [0.2, 0.25) is 0 Å². The van der Waals surface area contributed by atoms with E-state index in [-0.39, 0.29) is 12.5 Å². The number of hydrogen-bond donors (Lipinski definition) is 1. The van der Waals surface area contributed by atoms with Crippen LogP contribution in [0.25, 0.3) is 0 Å². The van der Waals surface area contributed by atoms with Crippen LogP contribution in [0.5, 0.6) is 17.2 Å². The Kier molecular flexibility index (Phi) is 6.47. The summed E-state index contributed by atoms with van der Waals surface area (Å²) in [6, 6.07) is 16.0. The SMILES string of the molecule is COc1ccc(OCCNC(=O)COc2ccccc2C#N)cc1. The first kappa shape index (κ1) is 17.2. The maximum Gasteiger partial charge on any atom is 0.258 e. The van der Waals surface area contributed by atoms with E-state index >= 15 is 0 Å². The minimum atomic E-state index is -0.277. The van der Waals surface area contributed by atoms with Gasteiger partial charge in [0.05, 0.1) is 19.2 Å². The lowest BCUT2D eigenvalue weighted by molar-refractivity contribution is -0.123. The van der Waals surface area contributed by atoms with Gasteiger partial charge in [0.25, 0.3) is 5.91 Å². The fourth-order valence-corrected chi connectivity index (χ4v) is 1.91. The lowest BCUT2D eigenvalue weighted by Crippen LogP contribution is -2.32. The molecule has 0 aliphatic heterocycles. The van der Waals surface area contributed by atoms with E-state index in [1.807, 2.05) is 6.07 Å². The molecule has 24 heavy (non-hydrogen) atoms. The number of carbonyl (C=O) groups excluding carboxylic acids is 1. The minimum Gasteiger partial charge on any atom is -0.497 e. The molecule has 0 aliphatic rings. The van der Waals surface area contributed by atoms with Gasteiger partial charge in [0, 0.05) is 0 Å². The molecule has 2 rings (SSSR count). The van der Waals surface area contributed by atoms with E-state index < -0.39 is 0 Å². The summed E-state index contributed by atoms with van der Waals surface area (Å²) in [5.41, 5.74) is 0.396. The van der Waals surface area contributed by atoms with Crippen molar-refractivity contribution in [3.63, 3.8) is 0 Å². The zero-order valence-corrected chi connectivity index (χ0v) is 13.3. The molecule has 1 amide bonds. The molecular weight excluding hydrogens is 308 g/mol. The molecule has 6 nitrogen and oxygen atoms in total. The summed E-state index contributed by atoms with van der Waals surface area (Å²) >= 11 is 0. The van der Waals surface area contributed by atoms with E-state index in [0.29, 0.717) is 30.2 Å². The highest BCUT2D eigenvalue weighted by Crippen LogP contribution is 2.17. The second kappa shape index (κ2) is 9.06. The molecule has 0 aromatic heterocycles. The standard InChI is InChI=1S/C18H18N2O4/c1-22-15-6-8-16(9-7-15)23-11-10-20-18(21)13-24-17-5-3-2-4-14(17)12-19/h2-9H,10-11,13H2,1H3,(H,20,21). The monoisotopic (exact) mass is 326 g/mol. The third-order valence-electron chi connectivity index (χ3n) is 3.12. The number of methoxy groups -OCH3 is 1. The van der Waals surface area contributed by atoms with Crippen molar-refractivity contribution >= 4 is 5.91 Å². The summed E-state index contributed by atoms with van der Waals surface area (Å²) in [6.45, 7) is 0.544. The Morgan fingerprint density at radius 2 is 1.79 bits per heavy atom. The molecule has 1 N–H and O–H groups in total. The van der Waals surface area contributed by atoms with Gasteiger partial charge in [0.15, 0.2) is 6.61 Å². The lowest BCUT2D eigenvalue weighted by Gasteiger charge is -2.10. The third-order valence-corrected chi connectivity index (χ3v) is 3.12. The zero-order chi connectivity index (χ0) is 17.2. The van der Waals surface area contributed by atoms with Crippen LogP contribution in [0.4, 0.5) is 0 Å². The highest BCUT2D eigenvalue weighted by atomic mass is 16.5. The topological polar surface area (TPSA) is 80.6 Å². The molecule has 0 saturated heterocycles. The van der Waals surface area contributed by atoms with Crippen molar-refractivity contribution in [1.82, 2.24) is 5.32 Å². The highest BCUT2D eigenvalue weighted by molar-refractivity contribution is 5.77. The Balaban J connectivity index is 1.67. The molecule has 0 unspecified atom stereocenters. The molecule has 0 atom stereocenters. The molecule has 0 radical (unpaired) electrons. The number of amides is 1. The number of nitrogens with zero attached hydrogens (tertiary/aromatic N) is 1. The van der Waals surface area contributed by atoms with Crippen molar-refractivity contribution < 1.29 is 19.0 Å². The van der Waals surface area contributed by atoms with E-state index in [2.05, 4.69) is 5.32 Å². The van der Waals surface area contributed by atoms with Gasteiger partial charge in [-0.2, -0.15) is 5.26 Å². The molecule has 0 aliphatic carbocycles. The van der Waals surface area contributed by atoms with E-state index in [0.717, 1.165) is 5.75 Å². The first-order valence-corrected chi connectivity index (χ1v) is 7.38. The van der Waals surface area contributed by atoms with Crippen LogP contribution in [0.1, 0.15) is 5.56 Å². The maximum atomic E-state index is 11.7. The summed E-state index contributed by atoms with van der Waals surface area (Å²) in [6.07, 6.45) is 0. The number of benzene rings is 2. The molecule has 2 aromatic carbocycles. The van der Waals surface area contributed by atoms with Crippen molar-refractivity contribution in [3.05, 3.63) is 54.1 Å². The lowest BCUT2D eigenvalue weighted by atomic mass is 10.2. The van der Waals surface area contributed by atoms with Crippen molar-refractivity contribution in [2.75, 3.05) is 26.9 Å². The average molecular weight is 326 g/mol. The van der Waals surface area contributed by atoms with Gasteiger partial charge >= 0.3 is 0 Å². The number of rotatable bonds is 8. The smallest absolute Gasteiger partial charge is 0.258 e. The van der Waals surface area contributed by atoms with Crippen LogP contribution in [-0.4, -0.2) is 32.8 Å². The van der Waals surface area contributed by atoms with Gasteiger partial charge in [-0.05, 0) is 36.4 Å². The summed E-state index contributed by atoms with van der Waals surface area (Å²) in [5, 5.41) is 11.6. The van der Waals surface area contributed by atoms with Crippen molar-refractivity contribution in [1.29, 1.82) is 5.26 Å². The zero-order valence-electron chi connectivity index (χ0n) is 13.3. The first-order valence-electron chi connectivity index (χ1n) is 7.38. The van der Waals surface area contributed by atoms with Gasteiger partial charge < -0.3 is 19.5 Å². The average Bonchev–Trinajstić information content (AvgIpc) is 2.64. The minimum absolute atomic E-state index is 0.152. The van der Waals surface area contributed by atoms with Gasteiger partial charge in [-0.25, -0.2) is 0 Å². The summed E-state index contributed by atoms with van der Waals surface area (Å²) in [5.74, 6) is 1.57. The number of hydrogen-bond acceptors (Lipinski definition) is 5. The molecule has 0 fully saturated rings. The molecule has 0 bridgehead atoms. The van der Waals surface area contributed by atoms with Crippen LogP contribution in [0.3, 0.4) is 0 Å². The fourth-order valence-electron chi connectivity index (χ4n) is 1.91. The van der Waals surface area contributed by atoms with Crippen LogP contribution < -0.4 is 19.5 Å². The van der Waals surface area contributed by atoms with Crippen molar-refractivity contribution in [2.24, 2.45) is 0 Å². The predicted molar refractivity (Wildman–Crippen MR) is 88.2 cm³/mol. The summed E-state index contributed by atoms with van der Waals surface area (Å²) < 4.78 is 15.9. The van der Waals surface area contributed by atoms with Gasteiger partial charge in [-0.1, -0.05) is 12.1 Å². The number of ether oxygens (including phenoxy) is 3. The summed E-state index contributed by atoms with van der Waals surface area (Å²) in [4.78, 5) is 11.7. The summed E-state index contributed by atoms with van der Waals surface area (Å²) in [7, 11) is 1.60. The second-order valence-corrected chi connectivity index (χ2v) is 4.77. The molecule has 2 aromatic rings. The normalized spacial score (nSPS) is 9.67. The molecule has 0 spiro atoms. The Morgan fingerprint density at radius 1 is 1.08 bits per heavy atom. The Hall–Kier alpha value is -3.20. The van der Waals surface area contributed by atoms with Crippen molar-refractivity contribution in [2.45, 2.75) is 0 Å². The van der Waals surface area contributed by atoms with Crippen LogP contribution in [0.2, 0.25) is 0 Å². The number of para-hydroxylation sites is 1. The van der Waals surface area contributed by atoms with Gasteiger partial charge in [-0.15, -0.1) is 0 Å². The Labute approximate surface area is 140 Å². The highest BCUT2D eigenvalue weighted by Gasteiger charge is 2.06. The van der Waals surface area contributed by atoms with Gasteiger partial charge in [-0.3, -0.25) is 4.79 Å². The number of nitriles is 1. The first-order chi connectivity index (χ1) is 11.7. The molecule has 124 valence electrons. The maximum absolute atomic E-state index is 11.7. The Morgan fingerprint density at radius 3 is 2.50 bits per heavy atom. The molecule has 0 heterocycles. The van der Waals surface area contributed by atoms with Crippen LogP contribution in [0.15, 0.2) is 48.5 Å². The largest absolute Gasteiger partial charge is 0.497 e. The van der Waals surface area contributed by atoms with Crippen LogP contribution >= 0.6 is 0 Å². The molecule has 0 saturated carbocycles.